The fourth-order valence-corrected chi connectivity index (χ4v) is 2.58. The van der Waals surface area contributed by atoms with Crippen molar-refractivity contribution in [2.24, 2.45) is 0 Å². The third kappa shape index (κ3) is 5.42. The minimum Gasteiger partial charge on any atom is -0.494 e. The van der Waals surface area contributed by atoms with E-state index in [4.69, 9.17) is 4.74 Å². The van der Waals surface area contributed by atoms with Crippen molar-refractivity contribution >= 4 is 17.6 Å². The van der Waals surface area contributed by atoms with Crippen LogP contribution in [0.2, 0.25) is 0 Å². The van der Waals surface area contributed by atoms with Gasteiger partial charge in [0.15, 0.2) is 0 Å². The molecule has 3 amide bonds. The number of amides is 3. The normalized spacial score (nSPS) is 15.0. The summed E-state index contributed by atoms with van der Waals surface area (Å²) < 4.78 is 5.38. The Morgan fingerprint density at radius 2 is 1.75 bits per heavy atom. The van der Waals surface area contributed by atoms with E-state index in [1.54, 1.807) is 4.90 Å². The number of nitrogens with one attached hydrogen (secondary N) is 2. The molecular formula is C17H26N4O3. The lowest BCUT2D eigenvalue weighted by atomic mass is 10.3. The Morgan fingerprint density at radius 1 is 1.08 bits per heavy atom. The van der Waals surface area contributed by atoms with Crippen LogP contribution in [0.3, 0.4) is 0 Å². The van der Waals surface area contributed by atoms with Gasteiger partial charge in [0.2, 0.25) is 5.91 Å². The number of carbonyl (C=O) groups excluding carboxylic acids is 2. The van der Waals surface area contributed by atoms with Gasteiger partial charge in [-0.2, -0.15) is 0 Å². The Labute approximate surface area is 142 Å². The topological polar surface area (TPSA) is 73.9 Å². The van der Waals surface area contributed by atoms with Gasteiger partial charge >= 0.3 is 6.03 Å². The Morgan fingerprint density at radius 3 is 2.33 bits per heavy atom. The molecule has 1 aromatic rings. The summed E-state index contributed by atoms with van der Waals surface area (Å²) in [6, 6.07) is 7.30. The van der Waals surface area contributed by atoms with Crippen molar-refractivity contribution in [1.29, 1.82) is 0 Å². The number of ether oxygens (including phenoxy) is 1. The van der Waals surface area contributed by atoms with Gasteiger partial charge in [-0.15, -0.1) is 0 Å². The second kappa shape index (κ2) is 9.12. The molecular weight excluding hydrogens is 308 g/mol. The number of benzene rings is 1. The first-order valence-electron chi connectivity index (χ1n) is 8.40. The lowest BCUT2D eigenvalue weighted by Gasteiger charge is -2.34. The van der Waals surface area contributed by atoms with Crippen LogP contribution in [0.1, 0.15) is 13.8 Å². The van der Waals surface area contributed by atoms with Crippen LogP contribution < -0.4 is 15.4 Å². The molecule has 1 aliphatic heterocycles. The molecule has 0 unspecified atom stereocenters. The number of rotatable bonds is 6. The fraction of sp³-hybridized carbons (Fsp3) is 0.529. The average Bonchev–Trinajstić information content (AvgIpc) is 2.58. The van der Waals surface area contributed by atoms with Gasteiger partial charge in [-0.1, -0.05) is 0 Å². The van der Waals surface area contributed by atoms with E-state index in [0.29, 0.717) is 45.9 Å². The van der Waals surface area contributed by atoms with Crippen LogP contribution >= 0.6 is 0 Å². The Kier molecular flexibility index (Phi) is 6.87. The van der Waals surface area contributed by atoms with Gasteiger partial charge in [0.1, 0.15) is 5.75 Å². The number of carbonyl (C=O) groups is 2. The van der Waals surface area contributed by atoms with Gasteiger partial charge < -0.3 is 20.3 Å². The van der Waals surface area contributed by atoms with Crippen LogP contribution in [-0.2, 0) is 4.79 Å². The number of piperazine rings is 1. The highest BCUT2D eigenvalue weighted by molar-refractivity contribution is 5.92. The average molecular weight is 334 g/mol. The molecule has 7 heteroatoms. The SMILES string of the molecule is CCNC(=O)N1CCN(CC(=O)Nc2ccc(OCC)cc2)CC1. The summed E-state index contributed by atoms with van der Waals surface area (Å²) in [4.78, 5) is 27.7. The molecule has 1 aromatic carbocycles. The zero-order chi connectivity index (χ0) is 17.4. The van der Waals surface area contributed by atoms with Crippen molar-refractivity contribution in [2.75, 3.05) is 51.2 Å². The molecule has 24 heavy (non-hydrogen) atoms. The molecule has 2 N–H and O–H groups in total. The Bertz CT molecular complexity index is 539. The standard InChI is InChI=1S/C17H26N4O3/c1-3-18-17(23)21-11-9-20(10-12-21)13-16(22)19-14-5-7-15(8-6-14)24-4-2/h5-8H,3-4,9-13H2,1-2H3,(H,18,23)(H,19,22). The maximum Gasteiger partial charge on any atom is 0.317 e. The van der Waals surface area contributed by atoms with Gasteiger partial charge in [0, 0.05) is 38.4 Å². The molecule has 1 heterocycles. The minimum atomic E-state index is -0.0504. The summed E-state index contributed by atoms with van der Waals surface area (Å²) in [5.41, 5.74) is 0.754. The third-order valence-electron chi connectivity index (χ3n) is 3.80. The molecule has 0 atom stereocenters. The first-order chi connectivity index (χ1) is 11.6. The number of anilines is 1. The summed E-state index contributed by atoms with van der Waals surface area (Å²) in [5.74, 6) is 0.739. The van der Waals surface area contributed by atoms with Gasteiger partial charge in [-0.25, -0.2) is 4.79 Å². The zero-order valence-corrected chi connectivity index (χ0v) is 14.4. The molecule has 1 saturated heterocycles. The molecule has 132 valence electrons. The van der Waals surface area contributed by atoms with Gasteiger partial charge in [-0.3, -0.25) is 9.69 Å². The highest BCUT2D eigenvalue weighted by Crippen LogP contribution is 2.15. The zero-order valence-electron chi connectivity index (χ0n) is 14.4. The Balaban J connectivity index is 1.74. The number of hydrogen-bond donors (Lipinski definition) is 2. The van der Waals surface area contributed by atoms with Crippen molar-refractivity contribution in [3.05, 3.63) is 24.3 Å². The van der Waals surface area contributed by atoms with Crippen LogP contribution in [0, 0.1) is 0 Å². The molecule has 0 radical (unpaired) electrons. The van der Waals surface area contributed by atoms with Crippen LogP contribution in [0.25, 0.3) is 0 Å². The van der Waals surface area contributed by atoms with E-state index in [1.165, 1.54) is 0 Å². The van der Waals surface area contributed by atoms with Crippen LogP contribution in [0.4, 0.5) is 10.5 Å². The summed E-state index contributed by atoms with van der Waals surface area (Å²) in [6.45, 7) is 8.10. The molecule has 0 aromatic heterocycles. The number of nitrogens with zero attached hydrogens (tertiary/aromatic N) is 2. The van der Waals surface area contributed by atoms with E-state index in [1.807, 2.05) is 38.1 Å². The summed E-state index contributed by atoms with van der Waals surface area (Å²) >= 11 is 0. The third-order valence-corrected chi connectivity index (χ3v) is 3.80. The summed E-state index contributed by atoms with van der Waals surface area (Å²) in [5, 5.41) is 5.68. The van der Waals surface area contributed by atoms with Crippen molar-refractivity contribution < 1.29 is 14.3 Å². The van der Waals surface area contributed by atoms with E-state index >= 15 is 0 Å². The predicted octanol–water partition coefficient (Wildman–Crippen LogP) is 1.37. The van der Waals surface area contributed by atoms with Gasteiger partial charge in [-0.05, 0) is 38.1 Å². The monoisotopic (exact) mass is 334 g/mol. The molecule has 1 fully saturated rings. The van der Waals surface area contributed by atoms with Crippen LogP contribution in [-0.4, -0.2) is 67.6 Å². The number of urea groups is 1. The Hall–Kier alpha value is -2.28. The highest BCUT2D eigenvalue weighted by Gasteiger charge is 2.21. The maximum atomic E-state index is 12.1. The first-order valence-corrected chi connectivity index (χ1v) is 8.40. The van der Waals surface area contributed by atoms with E-state index in [9.17, 15) is 9.59 Å². The van der Waals surface area contributed by atoms with Gasteiger partial charge in [0.05, 0.1) is 13.2 Å². The smallest absolute Gasteiger partial charge is 0.317 e. The lowest BCUT2D eigenvalue weighted by Crippen LogP contribution is -2.52. The van der Waals surface area contributed by atoms with E-state index in [-0.39, 0.29) is 11.9 Å². The molecule has 0 bridgehead atoms. The maximum absolute atomic E-state index is 12.1. The van der Waals surface area contributed by atoms with Crippen molar-refractivity contribution in [1.82, 2.24) is 15.1 Å². The molecule has 2 rings (SSSR count). The molecule has 7 nitrogen and oxygen atoms in total. The van der Waals surface area contributed by atoms with Crippen molar-refractivity contribution in [3.8, 4) is 5.75 Å². The summed E-state index contributed by atoms with van der Waals surface area (Å²) in [6.07, 6.45) is 0. The van der Waals surface area contributed by atoms with E-state index in [2.05, 4.69) is 15.5 Å². The largest absolute Gasteiger partial charge is 0.494 e. The molecule has 1 aliphatic rings. The quantitative estimate of drug-likeness (QED) is 0.824. The second-order valence-corrected chi connectivity index (χ2v) is 5.60. The molecule has 0 aliphatic carbocycles. The van der Waals surface area contributed by atoms with Crippen LogP contribution in [0.5, 0.6) is 5.75 Å². The number of hydrogen-bond acceptors (Lipinski definition) is 4. The fourth-order valence-electron chi connectivity index (χ4n) is 2.58. The van der Waals surface area contributed by atoms with E-state index in [0.717, 1.165) is 11.4 Å². The van der Waals surface area contributed by atoms with E-state index < -0.39 is 0 Å². The van der Waals surface area contributed by atoms with Crippen molar-refractivity contribution in [2.45, 2.75) is 13.8 Å². The summed E-state index contributed by atoms with van der Waals surface area (Å²) in [7, 11) is 0. The second-order valence-electron chi connectivity index (χ2n) is 5.60. The minimum absolute atomic E-state index is 0.0315. The first kappa shape index (κ1) is 18.1. The molecule has 0 spiro atoms. The predicted molar refractivity (Wildman–Crippen MR) is 93.3 cm³/mol. The van der Waals surface area contributed by atoms with Crippen molar-refractivity contribution in [3.63, 3.8) is 0 Å². The van der Waals surface area contributed by atoms with Crippen LogP contribution in [0.15, 0.2) is 24.3 Å². The lowest BCUT2D eigenvalue weighted by molar-refractivity contribution is -0.117. The molecule has 0 saturated carbocycles. The van der Waals surface area contributed by atoms with Gasteiger partial charge in [0.25, 0.3) is 0 Å². The highest BCUT2D eigenvalue weighted by atomic mass is 16.5.